The van der Waals surface area contributed by atoms with E-state index in [1.54, 1.807) is 12.4 Å². The van der Waals surface area contributed by atoms with Crippen LogP contribution in [0.5, 0.6) is 0 Å². The first-order valence-corrected chi connectivity index (χ1v) is 11.2. The fourth-order valence-electron chi connectivity index (χ4n) is 4.37. The lowest BCUT2D eigenvalue weighted by molar-refractivity contribution is 0.0383. The number of aryl methyl sites for hydroxylation is 1. The smallest absolute Gasteiger partial charge is 0.287 e. The van der Waals surface area contributed by atoms with E-state index in [0.717, 1.165) is 67.2 Å². The molecule has 5 rings (SSSR count). The molecule has 0 radical (unpaired) electrons. The average molecular weight is 447 g/mol. The summed E-state index contributed by atoms with van der Waals surface area (Å²) in [5.41, 5.74) is 6.06. The lowest BCUT2D eigenvalue weighted by Gasteiger charge is -2.26. The third-order valence-electron chi connectivity index (χ3n) is 6.15. The van der Waals surface area contributed by atoms with Gasteiger partial charge >= 0.3 is 0 Å². The van der Waals surface area contributed by atoms with Crippen molar-refractivity contribution in [1.82, 2.24) is 25.2 Å². The molecule has 2 aromatic heterocycles. The summed E-state index contributed by atoms with van der Waals surface area (Å²) in [4.78, 5) is 27.2. The van der Waals surface area contributed by atoms with Gasteiger partial charge in [0.25, 0.3) is 5.91 Å². The normalized spacial score (nSPS) is 17.3. The van der Waals surface area contributed by atoms with Crippen molar-refractivity contribution in [2.75, 3.05) is 39.4 Å². The molecule has 0 atom stereocenters. The van der Waals surface area contributed by atoms with Gasteiger partial charge in [-0.15, -0.1) is 0 Å². The van der Waals surface area contributed by atoms with Gasteiger partial charge < -0.3 is 20.2 Å². The lowest BCUT2D eigenvalue weighted by Crippen LogP contribution is -2.41. The maximum Gasteiger partial charge on any atom is 0.287 e. The number of benzene rings is 1. The number of imidazole rings is 1. The van der Waals surface area contributed by atoms with Crippen LogP contribution in [-0.2, 0) is 11.2 Å². The summed E-state index contributed by atoms with van der Waals surface area (Å²) >= 11 is 0. The highest BCUT2D eigenvalue weighted by atomic mass is 16.5. The van der Waals surface area contributed by atoms with Gasteiger partial charge in [-0.05, 0) is 36.6 Å². The minimum atomic E-state index is -0.235. The molecule has 3 aromatic rings. The lowest BCUT2D eigenvalue weighted by atomic mass is 10.0. The second-order valence-corrected chi connectivity index (χ2v) is 8.17. The maximum atomic E-state index is 12.9. The van der Waals surface area contributed by atoms with Gasteiger partial charge in [0.2, 0.25) is 0 Å². The minimum Gasteiger partial charge on any atom is -0.411 e. The molecular weight excluding hydrogens is 420 g/mol. The van der Waals surface area contributed by atoms with Gasteiger partial charge in [0, 0.05) is 55.3 Å². The van der Waals surface area contributed by atoms with E-state index >= 15 is 0 Å². The van der Waals surface area contributed by atoms with E-state index in [9.17, 15) is 10.0 Å². The Balaban J connectivity index is 1.41. The topological polar surface area (TPSA) is 116 Å². The highest BCUT2D eigenvalue weighted by Crippen LogP contribution is 2.33. The van der Waals surface area contributed by atoms with Crippen molar-refractivity contribution in [3.63, 3.8) is 0 Å². The molecule has 1 fully saturated rings. The van der Waals surface area contributed by atoms with Crippen LogP contribution in [0.3, 0.4) is 0 Å². The molecular formula is C24H26N6O3. The Morgan fingerprint density at radius 3 is 2.76 bits per heavy atom. The van der Waals surface area contributed by atoms with Crippen molar-refractivity contribution < 1.29 is 14.7 Å². The summed E-state index contributed by atoms with van der Waals surface area (Å²) in [6, 6.07) is 9.76. The largest absolute Gasteiger partial charge is 0.411 e. The molecule has 0 saturated carbocycles. The van der Waals surface area contributed by atoms with Crippen LogP contribution in [-0.4, -0.2) is 76.1 Å². The molecule has 1 saturated heterocycles. The number of nitrogens with one attached hydrogen (secondary N) is 2. The van der Waals surface area contributed by atoms with Gasteiger partial charge in [-0.2, -0.15) is 0 Å². The number of aromatic amines is 1. The molecule has 9 heteroatoms. The number of carbonyl (C=O) groups is 1. The van der Waals surface area contributed by atoms with Crippen LogP contribution in [0.25, 0.3) is 22.5 Å². The Kier molecular flexibility index (Phi) is 6.14. The van der Waals surface area contributed by atoms with E-state index in [2.05, 4.69) is 36.4 Å². The van der Waals surface area contributed by atoms with E-state index in [4.69, 9.17) is 4.74 Å². The molecule has 1 aliphatic carbocycles. The van der Waals surface area contributed by atoms with Gasteiger partial charge in [0.15, 0.2) is 5.82 Å². The number of ether oxygens (including phenoxy) is 1. The number of oxime groups is 1. The zero-order valence-electron chi connectivity index (χ0n) is 18.3. The molecule has 1 amide bonds. The van der Waals surface area contributed by atoms with E-state index < -0.39 is 0 Å². The zero-order chi connectivity index (χ0) is 22.6. The second kappa shape index (κ2) is 9.51. The van der Waals surface area contributed by atoms with Crippen LogP contribution in [0.4, 0.5) is 0 Å². The Morgan fingerprint density at radius 1 is 1.15 bits per heavy atom. The van der Waals surface area contributed by atoms with E-state index in [1.807, 2.05) is 24.3 Å². The number of fused-ring (bicyclic) bond motifs is 1. The Morgan fingerprint density at radius 2 is 1.97 bits per heavy atom. The number of aromatic nitrogens is 3. The summed E-state index contributed by atoms with van der Waals surface area (Å²) < 4.78 is 5.37. The molecule has 0 bridgehead atoms. The number of H-pyrrole nitrogens is 1. The van der Waals surface area contributed by atoms with E-state index in [0.29, 0.717) is 24.4 Å². The number of nitrogens with zero attached hydrogens (tertiary/aromatic N) is 4. The van der Waals surface area contributed by atoms with E-state index in [1.165, 1.54) is 0 Å². The number of morpholine rings is 1. The quantitative estimate of drug-likeness (QED) is 0.395. The number of pyridine rings is 1. The van der Waals surface area contributed by atoms with Crippen LogP contribution >= 0.6 is 0 Å². The van der Waals surface area contributed by atoms with Crippen molar-refractivity contribution in [3.05, 3.63) is 59.7 Å². The number of rotatable bonds is 6. The van der Waals surface area contributed by atoms with Crippen LogP contribution in [0.15, 0.2) is 47.9 Å². The van der Waals surface area contributed by atoms with Crippen molar-refractivity contribution in [2.45, 2.75) is 12.8 Å². The van der Waals surface area contributed by atoms with Crippen LogP contribution in [0.1, 0.15) is 28.2 Å². The molecule has 170 valence electrons. The molecule has 1 aliphatic heterocycles. The summed E-state index contributed by atoms with van der Waals surface area (Å²) in [6.45, 7) is 4.55. The standard InChI is InChI=1S/C24H26N6O3/c31-24(26-9-10-30-11-13-33-14-12-30)23-27-21(16-5-7-25-8-6-16)22(28-23)18-1-3-19-17(15-18)2-4-20(19)29-32/h1,3,5-8,15,32H,2,4,9-14H2,(H,26,31)(H,27,28)/b29-20-. The van der Waals surface area contributed by atoms with Crippen molar-refractivity contribution >= 4 is 11.6 Å². The number of carbonyl (C=O) groups excluding carboxylic acids is 1. The van der Waals surface area contributed by atoms with Gasteiger partial charge in [0.1, 0.15) is 0 Å². The molecule has 9 nitrogen and oxygen atoms in total. The third kappa shape index (κ3) is 4.50. The van der Waals surface area contributed by atoms with Crippen molar-refractivity contribution in [1.29, 1.82) is 0 Å². The predicted octanol–water partition coefficient (Wildman–Crippen LogP) is 2.33. The van der Waals surface area contributed by atoms with Crippen molar-refractivity contribution in [3.8, 4) is 22.5 Å². The summed E-state index contributed by atoms with van der Waals surface area (Å²) in [5, 5.41) is 15.6. The maximum absolute atomic E-state index is 12.9. The van der Waals surface area contributed by atoms with Crippen molar-refractivity contribution in [2.24, 2.45) is 5.16 Å². The molecule has 0 spiro atoms. The summed E-state index contributed by atoms with van der Waals surface area (Å²) in [5.74, 6) is 0.0394. The molecule has 3 heterocycles. The fourth-order valence-corrected chi connectivity index (χ4v) is 4.37. The Bertz CT molecular complexity index is 1170. The van der Waals surface area contributed by atoms with Crippen LogP contribution in [0, 0.1) is 0 Å². The van der Waals surface area contributed by atoms with Gasteiger partial charge in [0.05, 0.1) is 30.3 Å². The number of hydrogen-bond acceptors (Lipinski definition) is 7. The van der Waals surface area contributed by atoms with Crippen LogP contribution in [0.2, 0.25) is 0 Å². The summed E-state index contributed by atoms with van der Waals surface area (Å²) in [6.07, 6.45) is 4.96. The van der Waals surface area contributed by atoms with E-state index in [-0.39, 0.29) is 11.7 Å². The zero-order valence-corrected chi connectivity index (χ0v) is 18.3. The molecule has 0 unspecified atom stereocenters. The highest BCUT2D eigenvalue weighted by Gasteiger charge is 2.22. The number of hydrogen-bond donors (Lipinski definition) is 3. The minimum absolute atomic E-state index is 0.235. The number of amides is 1. The second-order valence-electron chi connectivity index (χ2n) is 8.17. The summed E-state index contributed by atoms with van der Waals surface area (Å²) in [7, 11) is 0. The first kappa shape index (κ1) is 21.3. The molecule has 1 aromatic carbocycles. The molecule has 33 heavy (non-hydrogen) atoms. The fraction of sp³-hybridized carbons (Fsp3) is 0.333. The first-order valence-electron chi connectivity index (χ1n) is 11.2. The molecule has 3 N–H and O–H groups in total. The van der Waals surface area contributed by atoms with Gasteiger partial charge in [-0.25, -0.2) is 4.98 Å². The third-order valence-corrected chi connectivity index (χ3v) is 6.15. The van der Waals surface area contributed by atoms with Gasteiger partial charge in [-0.1, -0.05) is 17.3 Å². The highest BCUT2D eigenvalue weighted by molar-refractivity contribution is 6.04. The predicted molar refractivity (Wildman–Crippen MR) is 123 cm³/mol. The Hall–Kier alpha value is -3.56. The van der Waals surface area contributed by atoms with Crippen LogP contribution < -0.4 is 5.32 Å². The SMILES string of the molecule is O=C(NCCN1CCOCC1)c1nc(-c2ccc3c(c2)CC/C3=N/O)c(-c2ccncc2)[nH]1. The Labute approximate surface area is 191 Å². The van der Waals surface area contributed by atoms with Gasteiger partial charge in [-0.3, -0.25) is 14.7 Å². The first-order chi connectivity index (χ1) is 16.2. The monoisotopic (exact) mass is 446 g/mol. The molecule has 2 aliphatic rings. The average Bonchev–Trinajstić information content (AvgIpc) is 3.49.